The first-order chi connectivity index (χ1) is 15.5. The Labute approximate surface area is 190 Å². The molecule has 0 saturated carbocycles. The van der Waals surface area contributed by atoms with Crippen molar-refractivity contribution < 1.29 is 19.0 Å². The SMILES string of the molecule is COc1ccc([C@@H]2C(C(=O)Nc3ccc(Cl)cc3)=C(C)Nc3ncnn32)c(OC)c1OC. The predicted octanol–water partition coefficient (Wildman–Crippen LogP) is 3.88. The van der Waals surface area contributed by atoms with E-state index in [1.807, 2.05) is 13.0 Å². The van der Waals surface area contributed by atoms with Crippen LogP contribution in [-0.4, -0.2) is 42.0 Å². The average molecular weight is 456 g/mol. The van der Waals surface area contributed by atoms with Crippen molar-refractivity contribution in [1.29, 1.82) is 0 Å². The third-order valence-electron chi connectivity index (χ3n) is 5.17. The lowest BCUT2D eigenvalue weighted by Crippen LogP contribution is -2.31. The first-order valence-corrected chi connectivity index (χ1v) is 10.1. The lowest BCUT2D eigenvalue weighted by molar-refractivity contribution is -0.113. The van der Waals surface area contributed by atoms with E-state index in [-0.39, 0.29) is 5.91 Å². The minimum Gasteiger partial charge on any atom is -0.493 e. The quantitative estimate of drug-likeness (QED) is 0.581. The van der Waals surface area contributed by atoms with Gasteiger partial charge in [0.2, 0.25) is 11.7 Å². The molecule has 1 atom stereocenters. The van der Waals surface area contributed by atoms with Crippen LogP contribution >= 0.6 is 11.6 Å². The Morgan fingerprint density at radius 3 is 2.44 bits per heavy atom. The molecule has 1 aliphatic rings. The van der Waals surface area contributed by atoms with Gasteiger partial charge in [-0.25, -0.2) is 4.68 Å². The number of carbonyl (C=O) groups is 1. The third-order valence-corrected chi connectivity index (χ3v) is 5.42. The van der Waals surface area contributed by atoms with E-state index in [0.29, 0.717) is 50.7 Å². The van der Waals surface area contributed by atoms with E-state index in [1.165, 1.54) is 20.5 Å². The van der Waals surface area contributed by atoms with Gasteiger partial charge < -0.3 is 24.8 Å². The number of hydrogen-bond acceptors (Lipinski definition) is 7. The Morgan fingerprint density at radius 2 is 1.78 bits per heavy atom. The van der Waals surface area contributed by atoms with Gasteiger partial charge in [-0.05, 0) is 43.3 Å². The van der Waals surface area contributed by atoms with E-state index < -0.39 is 6.04 Å². The highest BCUT2D eigenvalue weighted by atomic mass is 35.5. The summed E-state index contributed by atoms with van der Waals surface area (Å²) in [5, 5.41) is 11.0. The molecule has 0 bridgehead atoms. The molecule has 1 amide bonds. The normalized spacial score (nSPS) is 15.0. The molecule has 1 aliphatic heterocycles. The summed E-state index contributed by atoms with van der Waals surface area (Å²) >= 11 is 5.97. The summed E-state index contributed by atoms with van der Waals surface area (Å²) < 4.78 is 18.3. The smallest absolute Gasteiger partial charge is 0.255 e. The maximum atomic E-state index is 13.5. The second-order valence-electron chi connectivity index (χ2n) is 6.98. The zero-order valence-corrected chi connectivity index (χ0v) is 18.7. The fourth-order valence-electron chi connectivity index (χ4n) is 3.74. The molecular formula is C22H22ClN5O4. The minimum absolute atomic E-state index is 0.305. The molecule has 0 spiro atoms. The molecule has 166 valence electrons. The molecule has 2 N–H and O–H groups in total. The van der Waals surface area contributed by atoms with Gasteiger partial charge in [0.05, 0.1) is 26.9 Å². The fraction of sp³-hybridized carbons (Fsp3) is 0.227. The van der Waals surface area contributed by atoms with E-state index in [2.05, 4.69) is 20.7 Å². The summed E-state index contributed by atoms with van der Waals surface area (Å²) in [6, 6.07) is 9.85. The number of rotatable bonds is 6. The lowest BCUT2D eigenvalue weighted by Gasteiger charge is -2.30. The second-order valence-corrected chi connectivity index (χ2v) is 7.42. The molecule has 3 aromatic rings. The second kappa shape index (κ2) is 8.80. The van der Waals surface area contributed by atoms with Crippen molar-refractivity contribution in [2.75, 3.05) is 32.0 Å². The first-order valence-electron chi connectivity index (χ1n) is 9.71. The highest BCUT2D eigenvalue weighted by molar-refractivity contribution is 6.30. The number of amides is 1. The van der Waals surface area contributed by atoms with Crippen LogP contribution in [0.25, 0.3) is 0 Å². The molecule has 0 aliphatic carbocycles. The van der Waals surface area contributed by atoms with Gasteiger partial charge in [-0.3, -0.25) is 4.79 Å². The van der Waals surface area contributed by atoms with Crippen LogP contribution in [0.1, 0.15) is 18.5 Å². The number of nitrogens with one attached hydrogen (secondary N) is 2. The first kappa shape index (κ1) is 21.5. The number of fused-ring (bicyclic) bond motifs is 1. The van der Waals surface area contributed by atoms with Crippen LogP contribution in [0.4, 0.5) is 11.6 Å². The van der Waals surface area contributed by atoms with E-state index in [9.17, 15) is 4.79 Å². The predicted molar refractivity (Wildman–Crippen MR) is 121 cm³/mol. The molecule has 0 radical (unpaired) electrons. The van der Waals surface area contributed by atoms with Crippen molar-refractivity contribution in [3.63, 3.8) is 0 Å². The molecule has 2 aromatic carbocycles. The Morgan fingerprint density at radius 1 is 1.06 bits per heavy atom. The van der Waals surface area contributed by atoms with Crippen LogP contribution in [0.2, 0.25) is 5.02 Å². The van der Waals surface area contributed by atoms with E-state index in [1.54, 1.807) is 42.1 Å². The molecule has 0 unspecified atom stereocenters. The largest absolute Gasteiger partial charge is 0.493 e. The highest BCUT2D eigenvalue weighted by Gasteiger charge is 2.36. The van der Waals surface area contributed by atoms with Crippen molar-refractivity contribution in [2.24, 2.45) is 0 Å². The van der Waals surface area contributed by atoms with Gasteiger partial charge in [0.15, 0.2) is 11.5 Å². The summed E-state index contributed by atoms with van der Waals surface area (Å²) in [5.41, 5.74) is 2.36. The standard InChI is InChI=1S/C22H22ClN5O4/c1-12-17(21(29)27-14-7-5-13(23)6-8-14)18(28-22(26-12)24-11-25-28)15-9-10-16(30-2)20(32-4)19(15)31-3/h5-11,18H,1-4H3,(H,27,29)(H,24,25,26)/t18-/m1/s1. The Balaban J connectivity index is 1.85. The van der Waals surface area contributed by atoms with Crippen molar-refractivity contribution in [3.05, 3.63) is 64.6 Å². The highest BCUT2D eigenvalue weighted by Crippen LogP contribution is 2.46. The van der Waals surface area contributed by atoms with Gasteiger partial charge in [-0.15, -0.1) is 0 Å². The van der Waals surface area contributed by atoms with Crippen LogP contribution in [0.5, 0.6) is 17.2 Å². The monoisotopic (exact) mass is 455 g/mol. The minimum atomic E-state index is -0.629. The number of methoxy groups -OCH3 is 3. The molecule has 32 heavy (non-hydrogen) atoms. The Hall–Kier alpha value is -3.72. The van der Waals surface area contributed by atoms with Crippen LogP contribution in [0.3, 0.4) is 0 Å². The van der Waals surface area contributed by atoms with Crippen molar-refractivity contribution in [3.8, 4) is 17.2 Å². The lowest BCUT2D eigenvalue weighted by atomic mass is 9.93. The zero-order chi connectivity index (χ0) is 22.8. The van der Waals surface area contributed by atoms with E-state index >= 15 is 0 Å². The van der Waals surface area contributed by atoms with Crippen molar-refractivity contribution >= 4 is 29.1 Å². The van der Waals surface area contributed by atoms with Gasteiger partial charge in [0, 0.05) is 22.0 Å². The summed E-state index contributed by atoms with van der Waals surface area (Å²) in [6.45, 7) is 1.81. The number of hydrogen-bond donors (Lipinski definition) is 2. The summed E-state index contributed by atoms with van der Waals surface area (Å²) in [6.07, 6.45) is 1.43. The summed E-state index contributed by atoms with van der Waals surface area (Å²) in [7, 11) is 4.61. The molecule has 0 fully saturated rings. The van der Waals surface area contributed by atoms with Crippen molar-refractivity contribution in [2.45, 2.75) is 13.0 Å². The molecule has 9 nitrogen and oxygen atoms in total. The van der Waals surface area contributed by atoms with Crippen LogP contribution in [0, 0.1) is 0 Å². The topological polar surface area (TPSA) is 99.5 Å². The van der Waals surface area contributed by atoms with Gasteiger partial charge in [0.25, 0.3) is 5.91 Å². The number of ether oxygens (including phenoxy) is 3. The Bertz CT molecular complexity index is 1190. The maximum absolute atomic E-state index is 13.5. The van der Waals surface area contributed by atoms with Crippen LogP contribution < -0.4 is 24.8 Å². The van der Waals surface area contributed by atoms with Gasteiger partial charge in [-0.1, -0.05) is 11.6 Å². The van der Waals surface area contributed by atoms with E-state index in [0.717, 1.165) is 0 Å². The van der Waals surface area contributed by atoms with E-state index in [4.69, 9.17) is 25.8 Å². The fourth-order valence-corrected chi connectivity index (χ4v) is 3.87. The molecule has 10 heteroatoms. The summed E-state index contributed by atoms with van der Waals surface area (Å²) in [4.78, 5) is 17.7. The number of carbonyl (C=O) groups excluding carboxylic acids is 1. The van der Waals surface area contributed by atoms with Crippen LogP contribution in [-0.2, 0) is 4.79 Å². The number of anilines is 2. The maximum Gasteiger partial charge on any atom is 0.255 e. The third kappa shape index (κ3) is 3.71. The number of aromatic nitrogens is 3. The van der Waals surface area contributed by atoms with Gasteiger partial charge in [-0.2, -0.15) is 10.1 Å². The molecule has 0 saturated heterocycles. The van der Waals surface area contributed by atoms with Gasteiger partial charge >= 0.3 is 0 Å². The van der Waals surface area contributed by atoms with Gasteiger partial charge in [0.1, 0.15) is 12.4 Å². The van der Waals surface area contributed by atoms with Crippen molar-refractivity contribution in [1.82, 2.24) is 14.8 Å². The molecule has 2 heterocycles. The molecule has 4 rings (SSSR count). The number of halogens is 1. The summed E-state index contributed by atoms with van der Waals surface area (Å²) in [5.74, 6) is 1.56. The average Bonchev–Trinajstić information content (AvgIpc) is 3.26. The number of nitrogens with zero attached hydrogens (tertiary/aromatic N) is 3. The zero-order valence-electron chi connectivity index (χ0n) is 18.0. The number of allylic oxidation sites excluding steroid dienone is 1. The molecular weight excluding hydrogens is 434 g/mol. The number of benzene rings is 2. The Kier molecular flexibility index (Phi) is 5.91. The van der Waals surface area contributed by atoms with Crippen LogP contribution in [0.15, 0.2) is 54.0 Å². The molecule has 1 aromatic heterocycles.